The van der Waals surface area contributed by atoms with Crippen LogP contribution in [0.3, 0.4) is 0 Å². The molecule has 3 rings (SSSR count). The maximum absolute atomic E-state index is 12.8. The number of nitrogens with zero attached hydrogens (tertiary/aromatic N) is 2. The lowest BCUT2D eigenvalue weighted by Gasteiger charge is -2.38. The molecule has 2 heterocycles. The summed E-state index contributed by atoms with van der Waals surface area (Å²) in [5.74, 6) is 1.97. The van der Waals surface area contributed by atoms with Crippen LogP contribution < -0.4 is 5.32 Å². The average molecular weight is 350 g/mol. The predicted molar refractivity (Wildman–Crippen MR) is 99.4 cm³/mol. The molecule has 1 unspecified atom stereocenters. The molecule has 0 aromatic carbocycles. The number of piperazine rings is 1. The SMILES string of the molecule is CCC(=O)C1CCC(C(=O)N2CCN(CCC3CCNC3)CC2)CC1. The number of Topliss-reactive ketones (excluding diaryl/α,β-unsaturated/α-hetero) is 1. The molecule has 5 nitrogen and oxygen atoms in total. The molecule has 0 aromatic rings. The van der Waals surface area contributed by atoms with Crippen LogP contribution in [-0.4, -0.2) is 67.3 Å². The van der Waals surface area contributed by atoms with Crippen LogP contribution in [0.15, 0.2) is 0 Å². The van der Waals surface area contributed by atoms with Crippen molar-refractivity contribution in [1.82, 2.24) is 15.1 Å². The molecule has 0 radical (unpaired) electrons. The smallest absolute Gasteiger partial charge is 0.225 e. The fourth-order valence-corrected chi connectivity index (χ4v) is 4.73. The van der Waals surface area contributed by atoms with E-state index in [-0.39, 0.29) is 11.8 Å². The summed E-state index contributed by atoms with van der Waals surface area (Å²) < 4.78 is 0. The van der Waals surface area contributed by atoms with E-state index < -0.39 is 0 Å². The molecule has 1 N–H and O–H groups in total. The molecule has 1 aliphatic carbocycles. The fraction of sp³-hybridized carbons (Fsp3) is 0.900. The van der Waals surface area contributed by atoms with Gasteiger partial charge in [-0.15, -0.1) is 0 Å². The van der Waals surface area contributed by atoms with Crippen LogP contribution in [0, 0.1) is 17.8 Å². The van der Waals surface area contributed by atoms with Crippen molar-refractivity contribution in [3.8, 4) is 0 Å². The van der Waals surface area contributed by atoms with E-state index in [4.69, 9.17) is 0 Å². The third kappa shape index (κ3) is 5.04. The van der Waals surface area contributed by atoms with Crippen LogP contribution in [0.25, 0.3) is 0 Å². The van der Waals surface area contributed by atoms with Crippen LogP contribution in [0.1, 0.15) is 51.9 Å². The molecule has 3 fully saturated rings. The van der Waals surface area contributed by atoms with Crippen LogP contribution in [0.4, 0.5) is 0 Å². The molecule has 5 heteroatoms. The third-order valence-corrected chi connectivity index (χ3v) is 6.58. The summed E-state index contributed by atoms with van der Waals surface area (Å²) in [5, 5.41) is 3.44. The number of ketones is 1. The highest BCUT2D eigenvalue weighted by atomic mass is 16.2. The van der Waals surface area contributed by atoms with Crippen molar-refractivity contribution in [2.45, 2.75) is 51.9 Å². The fourth-order valence-electron chi connectivity index (χ4n) is 4.73. The molecule has 1 saturated carbocycles. The number of hydrogen-bond acceptors (Lipinski definition) is 4. The minimum atomic E-state index is 0.164. The predicted octanol–water partition coefficient (Wildman–Crippen LogP) is 1.92. The van der Waals surface area contributed by atoms with Gasteiger partial charge in [0.15, 0.2) is 0 Å². The van der Waals surface area contributed by atoms with E-state index in [0.29, 0.717) is 18.1 Å². The maximum Gasteiger partial charge on any atom is 0.225 e. The minimum absolute atomic E-state index is 0.164. The normalized spacial score (nSPS) is 31.2. The number of rotatable bonds is 6. The largest absolute Gasteiger partial charge is 0.340 e. The zero-order chi connectivity index (χ0) is 17.6. The van der Waals surface area contributed by atoms with Gasteiger partial charge in [0.2, 0.25) is 5.91 Å². The summed E-state index contributed by atoms with van der Waals surface area (Å²) in [5.41, 5.74) is 0. The minimum Gasteiger partial charge on any atom is -0.340 e. The summed E-state index contributed by atoms with van der Waals surface area (Å²) >= 11 is 0. The lowest BCUT2D eigenvalue weighted by Crippen LogP contribution is -2.51. The Morgan fingerprint density at radius 2 is 1.64 bits per heavy atom. The first-order valence-corrected chi connectivity index (χ1v) is 10.4. The molecule has 142 valence electrons. The molecule has 0 aromatic heterocycles. The second kappa shape index (κ2) is 9.13. The summed E-state index contributed by atoms with van der Waals surface area (Å²) in [7, 11) is 0. The summed E-state index contributed by atoms with van der Waals surface area (Å²) in [4.78, 5) is 29.2. The lowest BCUT2D eigenvalue weighted by molar-refractivity contribution is -0.139. The molecule has 2 saturated heterocycles. The molecule has 0 spiro atoms. The zero-order valence-corrected chi connectivity index (χ0v) is 15.8. The van der Waals surface area contributed by atoms with Gasteiger partial charge in [-0.05, 0) is 64.1 Å². The Labute approximate surface area is 152 Å². The van der Waals surface area contributed by atoms with Crippen molar-refractivity contribution in [1.29, 1.82) is 0 Å². The quantitative estimate of drug-likeness (QED) is 0.796. The van der Waals surface area contributed by atoms with Crippen molar-refractivity contribution in [3.63, 3.8) is 0 Å². The van der Waals surface area contributed by atoms with Gasteiger partial charge in [-0.1, -0.05) is 6.92 Å². The third-order valence-electron chi connectivity index (χ3n) is 6.58. The van der Waals surface area contributed by atoms with E-state index in [2.05, 4.69) is 15.1 Å². The molecule has 2 aliphatic heterocycles. The van der Waals surface area contributed by atoms with Crippen molar-refractivity contribution in [3.05, 3.63) is 0 Å². The summed E-state index contributed by atoms with van der Waals surface area (Å²) in [6, 6.07) is 0. The van der Waals surface area contributed by atoms with Crippen molar-refractivity contribution < 1.29 is 9.59 Å². The van der Waals surface area contributed by atoms with Gasteiger partial charge >= 0.3 is 0 Å². The maximum atomic E-state index is 12.8. The van der Waals surface area contributed by atoms with Gasteiger partial charge in [0.1, 0.15) is 5.78 Å². The van der Waals surface area contributed by atoms with Crippen molar-refractivity contribution in [2.24, 2.45) is 17.8 Å². The van der Waals surface area contributed by atoms with E-state index in [1.165, 1.54) is 32.5 Å². The summed E-state index contributed by atoms with van der Waals surface area (Å²) in [6.45, 7) is 9.30. The van der Waals surface area contributed by atoms with Crippen LogP contribution in [0.5, 0.6) is 0 Å². The van der Waals surface area contributed by atoms with Gasteiger partial charge in [-0.2, -0.15) is 0 Å². The van der Waals surface area contributed by atoms with Gasteiger partial charge < -0.3 is 10.2 Å². The zero-order valence-electron chi connectivity index (χ0n) is 15.8. The van der Waals surface area contributed by atoms with Crippen LogP contribution in [-0.2, 0) is 9.59 Å². The van der Waals surface area contributed by atoms with Gasteiger partial charge in [-0.25, -0.2) is 0 Å². The van der Waals surface area contributed by atoms with Gasteiger partial charge in [0.25, 0.3) is 0 Å². The monoisotopic (exact) mass is 349 g/mol. The number of hydrogen-bond donors (Lipinski definition) is 1. The highest BCUT2D eigenvalue weighted by Crippen LogP contribution is 2.31. The first-order valence-electron chi connectivity index (χ1n) is 10.4. The Morgan fingerprint density at radius 3 is 2.24 bits per heavy atom. The first kappa shape index (κ1) is 18.8. The molecular formula is C20H35N3O2. The molecule has 25 heavy (non-hydrogen) atoms. The molecule has 0 bridgehead atoms. The van der Waals surface area contributed by atoms with E-state index in [0.717, 1.165) is 57.8 Å². The molecule has 1 atom stereocenters. The highest BCUT2D eigenvalue weighted by Gasteiger charge is 2.32. The number of amides is 1. The Bertz CT molecular complexity index is 446. The Balaban J connectivity index is 1.36. The lowest BCUT2D eigenvalue weighted by atomic mass is 9.79. The van der Waals surface area contributed by atoms with Crippen molar-refractivity contribution >= 4 is 11.7 Å². The van der Waals surface area contributed by atoms with E-state index >= 15 is 0 Å². The van der Waals surface area contributed by atoms with E-state index in [1.54, 1.807) is 0 Å². The number of carbonyl (C=O) groups excluding carboxylic acids is 2. The van der Waals surface area contributed by atoms with E-state index in [1.807, 2.05) is 6.92 Å². The number of carbonyl (C=O) groups is 2. The van der Waals surface area contributed by atoms with Crippen LogP contribution in [0.2, 0.25) is 0 Å². The Kier molecular flexibility index (Phi) is 6.88. The number of nitrogens with one attached hydrogen (secondary N) is 1. The average Bonchev–Trinajstić information content (AvgIpc) is 3.19. The standard InChI is InChI=1S/C20H35N3O2/c1-2-19(24)17-3-5-18(6-4-17)20(25)23-13-11-22(12-14-23)10-8-16-7-9-21-15-16/h16-18,21H,2-15H2,1H3. The first-order chi connectivity index (χ1) is 12.2. The second-order valence-corrected chi connectivity index (χ2v) is 8.18. The van der Waals surface area contributed by atoms with E-state index in [9.17, 15) is 9.59 Å². The second-order valence-electron chi connectivity index (χ2n) is 8.18. The molecule has 3 aliphatic rings. The molecule has 1 amide bonds. The topological polar surface area (TPSA) is 52.7 Å². The Hall–Kier alpha value is -0.940. The van der Waals surface area contributed by atoms with Gasteiger partial charge in [-0.3, -0.25) is 14.5 Å². The van der Waals surface area contributed by atoms with Gasteiger partial charge in [0.05, 0.1) is 0 Å². The Morgan fingerprint density at radius 1 is 0.960 bits per heavy atom. The van der Waals surface area contributed by atoms with Crippen molar-refractivity contribution in [2.75, 3.05) is 45.8 Å². The highest BCUT2D eigenvalue weighted by molar-refractivity contribution is 5.82. The molecular weight excluding hydrogens is 314 g/mol. The summed E-state index contributed by atoms with van der Waals surface area (Å²) in [6.07, 6.45) is 6.89. The van der Waals surface area contributed by atoms with Gasteiger partial charge in [0, 0.05) is 44.4 Å². The van der Waals surface area contributed by atoms with Crippen LogP contribution >= 0.6 is 0 Å².